The summed E-state index contributed by atoms with van der Waals surface area (Å²) in [4.78, 5) is 26.1. The second-order valence-electron chi connectivity index (χ2n) is 11.1. The summed E-state index contributed by atoms with van der Waals surface area (Å²) in [5, 5.41) is 3.57. The number of ether oxygens (including phenoxy) is 3. The predicted molar refractivity (Wildman–Crippen MR) is 117 cm³/mol. The number of fused-ring (bicyclic) bond motifs is 1. The van der Waals surface area contributed by atoms with Gasteiger partial charge < -0.3 is 14.2 Å². The molecule has 4 rings (SSSR count). The molecule has 2 heterocycles. The van der Waals surface area contributed by atoms with Gasteiger partial charge in [0.1, 0.15) is 5.54 Å². The van der Waals surface area contributed by atoms with Crippen LogP contribution in [0.4, 0.5) is 0 Å². The maximum absolute atomic E-state index is 13.1. The molecule has 0 amide bonds. The molecule has 0 unspecified atom stereocenters. The van der Waals surface area contributed by atoms with E-state index in [4.69, 9.17) is 14.2 Å². The Bertz CT molecular complexity index is 675. The van der Waals surface area contributed by atoms with Crippen LogP contribution < -0.4 is 5.32 Å². The molecule has 6 heteroatoms. The van der Waals surface area contributed by atoms with E-state index in [0.29, 0.717) is 23.7 Å². The number of hydrogen-bond acceptors (Lipinski definition) is 6. The lowest BCUT2D eigenvalue weighted by molar-refractivity contribution is -0.204. The average Bonchev–Trinajstić information content (AvgIpc) is 3.24. The molecule has 2 aliphatic carbocycles. The van der Waals surface area contributed by atoms with Gasteiger partial charge in [-0.25, -0.2) is 0 Å². The minimum absolute atomic E-state index is 0.0518. The van der Waals surface area contributed by atoms with Crippen LogP contribution >= 0.6 is 0 Å². The third kappa shape index (κ3) is 4.15. The van der Waals surface area contributed by atoms with Crippen molar-refractivity contribution in [3.8, 4) is 0 Å². The minimum Gasteiger partial charge on any atom is -0.468 e. The van der Waals surface area contributed by atoms with Gasteiger partial charge in [0.2, 0.25) is 6.29 Å². The van der Waals surface area contributed by atoms with Gasteiger partial charge in [0, 0.05) is 6.04 Å². The van der Waals surface area contributed by atoms with Crippen molar-refractivity contribution in [2.75, 3.05) is 7.11 Å². The minimum atomic E-state index is -0.980. The van der Waals surface area contributed by atoms with Gasteiger partial charge in [0.25, 0.3) is 0 Å². The van der Waals surface area contributed by atoms with E-state index in [0.717, 1.165) is 25.7 Å². The van der Waals surface area contributed by atoms with Gasteiger partial charge >= 0.3 is 11.9 Å². The zero-order valence-electron chi connectivity index (χ0n) is 19.9. The van der Waals surface area contributed by atoms with Gasteiger partial charge in [-0.05, 0) is 56.3 Å². The van der Waals surface area contributed by atoms with Crippen LogP contribution in [0.1, 0.15) is 79.1 Å². The molecule has 6 nitrogen and oxygen atoms in total. The summed E-state index contributed by atoms with van der Waals surface area (Å²) in [5.74, 6) is 0.686. The fourth-order valence-corrected chi connectivity index (χ4v) is 6.98. The number of carbonyl (C=O) groups is 2. The van der Waals surface area contributed by atoms with E-state index in [9.17, 15) is 9.59 Å². The van der Waals surface area contributed by atoms with Gasteiger partial charge in [0.15, 0.2) is 0 Å². The molecule has 4 fully saturated rings. The first kappa shape index (κ1) is 23.0. The highest BCUT2D eigenvalue weighted by atomic mass is 16.7. The molecule has 31 heavy (non-hydrogen) atoms. The Morgan fingerprint density at radius 2 is 1.87 bits per heavy atom. The first-order valence-corrected chi connectivity index (χ1v) is 12.5. The maximum atomic E-state index is 13.1. The number of hydrogen-bond donors (Lipinski definition) is 1. The quantitative estimate of drug-likeness (QED) is 0.657. The topological polar surface area (TPSA) is 73.9 Å². The Labute approximate surface area is 187 Å². The van der Waals surface area contributed by atoms with Crippen molar-refractivity contribution in [2.24, 2.45) is 35.5 Å². The molecule has 2 saturated heterocycles. The number of rotatable bonds is 5. The van der Waals surface area contributed by atoms with Crippen molar-refractivity contribution >= 4 is 11.9 Å². The van der Waals surface area contributed by atoms with Crippen LogP contribution in [-0.2, 0) is 23.8 Å². The highest BCUT2D eigenvalue weighted by molar-refractivity contribution is 5.86. The van der Waals surface area contributed by atoms with E-state index in [1.165, 1.54) is 32.8 Å². The molecule has 2 saturated carbocycles. The summed E-state index contributed by atoms with van der Waals surface area (Å²) in [6, 6.07) is -0.0540. The fourth-order valence-electron chi connectivity index (χ4n) is 6.98. The lowest BCUT2D eigenvalue weighted by atomic mass is 9.74. The van der Waals surface area contributed by atoms with Crippen molar-refractivity contribution in [1.82, 2.24) is 5.32 Å². The van der Waals surface area contributed by atoms with Crippen LogP contribution in [-0.4, -0.2) is 43.0 Å². The van der Waals surface area contributed by atoms with Crippen molar-refractivity contribution in [3.05, 3.63) is 0 Å². The van der Waals surface area contributed by atoms with E-state index < -0.39 is 11.8 Å². The van der Waals surface area contributed by atoms with Crippen LogP contribution in [0.3, 0.4) is 0 Å². The molecule has 0 bridgehead atoms. The van der Waals surface area contributed by atoms with Crippen LogP contribution in [0, 0.1) is 35.5 Å². The second-order valence-corrected chi connectivity index (χ2v) is 11.1. The molecule has 0 spiro atoms. The van der Waals surface area contributed by atoms with Crippen LogP contribution in [0.25, 0.3) is 0 Å². The molecule has 0 aromatic carbocycles. The normalized spacial score (nSPS) is 43.7. The first-order chi connectivity index (χ1) is 14.8. The Morgan fingerprint density at radius 3 is 2.52 bits per heavy atom. The Balaban J connectivity index is 1.61. The summed E-state index contributed by atoms with van der Waals surface area (Å²) >= 11 is 0. The third-order valence-corrected chi connectivity index (χ3v) is 8.74. The second kappa shape index (κ2) is 9.01. The summed E-state index contributed by atoms with van der Waals surface area (Å²) in [6.45, 7) is 8.64. The molecule has 0 aromatic rings. The van der Waals surface area contributed by atoms with Crippen LogP contribution in [0.2, 0.25) is 0 Å². The third-order valence-electron chi connectivity index (χ3n) is 8.74. The number of nitrogens with one attached hydrogen (secondary N) is 1. The number of carbonyl (C=O) groups excluding carboxylic acids is 2. The molecular formula is C25H41NO5. The van der Waals surface area contributed by atoms with E-state index in [1.54, 1.807) is 0 Å². The van der Waals surface area contributed by atoms with Crippen LogP contribution in [0.5, 0.6) is 0 Å². The lowest BCUT2D eigenvalue weighted by Crippen LogP contribution is -2.56. The zero-order chi connectivity index (χ0) is 22.3. The van der Waals surface area contributed by atoms with E-state index in [-0.39, 0.29) is 35.9 Å². The van der Waals surface area contributed by atoms with Gasteiger partial charge in [-0.3, -0.25) is 14.9 Å². The van der Waals surface area contributed by atoms with E-state index in [1.807, 2.05) is 6.92 Å². The molecule has 176 valence electrons. The Kier molecular flexibility index (Phi) is 6.69. The number of methoxy groups -OCH3 is 1. The van der Waals surface area contributed by atoms with E-state index >= 15 is 0 Å². The molecule has 4 aliphatic rings. The number of esters is 2. The summed E-state index contributed by atoms with van der Waals surface area (Å²) in [7, 11) is 1.42. The molecule has 0 aromatic heterocycles. The largest absolute Gasteiger partial charge is 0.468 e. The number of cyclic esters (lactones) is 1. The summed E-state index contributed by atoms with van der Waals surface area (Å²) < 4.78 is 17.7. The SMILES string of the molecule is COC(=O)[C@]1(C)N[C@H](C2CCCCC2)[C@@H]2C(=O)O[C@@H](O[C@@H]3C[C@H](C)CC[C@H]3C(C)C)[C@@H]21. The standard InChI is InChI=1S/C25H41NO5/c1-14(2)17-12-11-15(3)13-18(17)30-23-20-19(22(27)31-23)21(16-9-7-6-8-10-16)26-25(20,4)24(28)29-5/h14-21,23,26H,6-13H2,1-5H3/t15-,17+,18-,19-,20-,21-,23-,25-/m1/s1. The van der Waals surface area contributed by atoms with E-state index in [2.05, 4.69) is 26.1 Å². The highest BCUT2D eigenvalue weighted by Crippen LogP contribution is 2.50. The van der Waals surface area contributed by atoms with Crippen molar-refractivity contribution < 1.29 is 23.8 Å². The highest BCUT2D eigenvalue weighted by Gasteiger charge is 2.67. The van der Waals surface area contributed by atoms with Crippen molar-refractivity contribution in [3.63, 3.8) is 0 Å². The first-order valence-electron chi connectivity index (χ1n) is 12.5. The summed E-state index contributed by atoms with van der Waals surface area (Å²) in [5.41, 5.74) is -0.980. The van der Waals surface area contributed by atoms with Gasteiger partial charge in [0.05, 0.1) is 25.0 Å². The van der Waals surface area contributed by atoms with Crippen molar-refractivity contribution in [2.45, 2.75) is 103 Å². The van der Waals surface area contributed by atoms with Crippen LogP contribution in [0.15, 0.2) is 0 Å². The van der Waals surface area contributed by atoms with Gasteiger partial charge in [-0.2, -0.15) is 0 Å². The van der Waals surface area contributed by atoms with Crippen molar-refractivity contribution in [1.29, 1.82) is 0 Å². The monoisotopic (exact) mass is 435 g/mol. The lowest BCUT2D eigenvalue weighted by Gasteiger charge is -2.40. The molecule has 8 atom stereocenters. The Hall–Kier alpha value is -1.14. The zero-order valence-corrected chi connectivity index (χ0v) is 19.9. The molecular weight excluding hydrogens is 394 g/mol. The summed E-state index contributed by atoms with van der Waals surface area (Å²) in [6.07, 6.45) is 8.47. The molecule has 2 aliphatic heterocycles. The molecule has 0 radical (unpaired) electrons. The van der Waals surface area contributed by atoms with Gasteiger partial charge in [-0.1, -0.05) is 46.5 Å². The molecule has 1 N–H and O–H groups in total. The maximum Gasteiger partial charge on any atom is 0.326 e. The predicted octanol–water partition coefficient (Wildman–Crippen LogP) is 4.06. The average molecular weight is 436 g/mol. The van der Waals surface area contributed by atoms with Gasteiger partial charge in [-0.15, -0.1) is 0 Å². The smallest absolute Gasteiger partial charge is 0.326 e. The fraction of sp³-hybridized carbons (Fsp3) is 0.920. The Morgan fingerprint density at radius 1 is 1.16 bits per heavy atom.